The van der Waals surface area contributed by atoms with E-state index in [2.05, 4.69) is 4.74 Å². The first-order valence-electron chi connectivity index (χ1n) is 5.87. The third-order valence-corrected chi connectivity index (χ3v) is 2.59. The van der Waals surface area contributed by atoms with Crippen LogP contribution in [0.25, 0.3) is 0 Å². The van der Waals surface area contributed by atoms with Crippen LogP contribution in [0.4, 0.5) is 0 Å². The van der Waals surface area contributed by atoms with Gasteiger partial charge in [-0.15, -0.1) is 0 Å². The van der Waals surface area contributed by atoms with Crippen LogP contribution in [0.2, 0.25) is 0 Å². The standard InChI is InChI=1S/C13H17NO5/c1-2-19-11(16)7-10(15)12(17)8-5-3-4-6-9(8)13(14)18/h3-6,10,12,15,17H,2,7H2,1H3,(H2,14,18). The van der Waals surface area contributed by atoms with E-state index in [1.807, 2.05) is 0 Å². The Morgan fingerprint density at radius 1 is 1.32 bits per heavy atom. The van der Waals surface area contributed by atoms with E-state index in [4.69, 9.17) is 5.73 Å². The van der Waals surface area contributed by atoms with Crippen molar-refractivity contribution in [1.29, 1.82) is 0 Å². The lowest BCUT2D eigenvalue weighted by Crippen LogP contribution is -2.25. The molecule has 2 atom stereocenters. The van der Waals surface area contributed by atoms with Gasteiger partial charge in [0.15, 0.2) is 0 Å². The Morgan fingerprint density at radius 3 is 2.53 bits per heavy atom. The zero-order valence-electron chi connectivity index (χ0n) is 10.6. The molecular weight excluding hydrogens is 250 g/mol. The highest BCUT2D eigenvalue weighted by Crippen LogP contribution is 2.22. The second-order valence-corrected chi connectivity index (χ2v) is 3.97. The molecule has 0 saturated carbocycles. The second kappa shape index (κ2) is 6.86. The first-order valence-corrected chi connectivity index (χ1v) is 5.87. The van der Waals surface area contributed by atoms with Gasteiger partial charge in [-0.25, -0.2) is 0 Å². The fraction of sp³-hybridized carbons (Fsp3) is 0.385. The largest absolute Gasteiger partial charge is 0.466 e. The van der Waals surface area contributed by atoms with Crippen molar-refractivity contribution in [2.45, 2.75) is 25.6 Å². The number of primary amides is 1. The molecule has 1 rings (SSSR count). The van der Waals surface area contributed by atoms with Crippen molar-refractivity contribution in [2.75, 3.05) is 6.61 Å². The molecular formula is C13H17NO5. The number of nitrogens with two attached hydrogens (primary N) is 1. The van der Waals surface area contributed by atoms with Gasteiger partial charge < -0.3 is 20.7 Å². The van der Waals surface area contributed by atoms with Crippen LogP contribution >= 0.6 is 0 Å². The molecule has 1 amide bonds. The first-order chi connectivity index (χ1) is 8.97. The fourth-order valence-electron chi connectivity index (χ4n) is 1.69. The topological polar surface area (TPSA) is 110 Å². The number of carbonyl (C=O) groups is 2. The van der Waals surface area contributed by atoms with Gasteiger partial charge >= 0.3 is 5.97 Å². The van der Waals surface area contributed by atoms with Crippen molar-refractivity contribution >= 4 is 11.9 Å². The minimum atomic E-state index is -1.38. The normalized spacial score (nSPS) is 13.6. The average molecular weight is 267 g/mol. The lowest BCUT2D eigenvalue weighted by molar-refractivity contribution is -0.147. The van der Waals surface area contributed by atoms with Gasteiger partial charge in [-0.1, -0.05) is 18.2 Å². The van der Waals surface area contributed by atoms with Gasteiger partial charge in [-0.3, -0.25) is 9.59 Å². The van der Waals surface area contributed by atoms with Crippen LogP contribution in [0.5, 0.6) is 0 Å². The summed E-state index contributed by atoms with van der Waals surface area (Å²) in [5.41, 5.74) is 5.47. The Bertz CT molecular complexity index is 460. The summed E-state index contributed by atoms with van der Waals surface area (Å²) in [5.74, 6) is -1.33. The van der Waals surface area contributed by atoms with E-state index in [1.165, 1.54) is 12.1 Å². The van der Waals surface area contributed by atoms with Crippen LogP contribution in [0.15, 0.2) is 24.3 Å². The van der Waals surface area contributed by atoms with Crippen LogP contribution in [-0.2, 0) is 9.53 Å². The summed E-state index contributed by atoms with van der Waals surface area (Å²) < 4.78 is 4.67. The smallest absolute Gasteiger partial charge is 0.308 e. The predicted octanol–water partition coefficient (Wildman–Crippen LogP) is 0.133. The maximum Gasteiger partial charge on any atom is 0.308 e. The minimum Gasteiger partial charge on any atom is -0.466 e. The van der Waals surface area contributed by atoms with Crippen LogP contribution in [-0.4, -0.2) is 34.8 Å². The molecule has 104 valence electrons. The van der Waals surface area contributed by atoms with Gasteiger partial charge in [0.2, 0.25) is 5.91 Å². The molecule has 4 N–H and O–H groups in total. The molecule has 2 unspecified atom stereocenters. The number of aliphatic hydroxyl groups is 2. The average Bonchev–Trinajstić information content (AvgIpc) is 2.37. The monoisotopic (exact) mass is 267 g/mol. The summed E-state index contributed by atoms with van der Waals surface area (Å²) in [5, 5.41) is 19.7. The summed E-state index contributed by atoms with van der Waals surface area (Å²) in [6.45, 7) is 1.84. The summed E-state index contributed by atoms with van der Waals surface area (Å²) in [6.07, 6.45) is -3.10. The van der Waals surface area contributed by atoms with Crippen LogP contribution in [0, 0.1) is 0 Å². The van der Waals surface area contributed by atoms with Gasteiger partial charge in [0, 0.05) is 5.56 Å². The summed E-state index contributed by atoms with van der Waals surface area (Å²) in [6, 6.07) is 6.10. The second-order valence-electron chi connectivity index (χ2n) is 3.97. The number of benzene rings is 1. The summed E-state index contributed by atoms with van der Waals surface area (Å²) >= 11 is 0. The minimum absolute atomic E-state index is 0.109. The van der Waals surface area contributed by atoms with E-state index in [9.17, 15) is 19.8 Å². The Morgan fingerprint density at radius 2 is 1.95 bits per heavy atom. The summed E-state index contributed by atoms with van der Waals surface area (Å²) in [7, 11) is 0. The number of esters is 1. The Kier molecular flexibility index (Phi) is 5.47. The number of aliphatic hydroxyl groups excluding tert-OH is 2. The lowest BCUT2D eigenvalue weighted by atomic mass is 9.97. The van der Waals surface area contributed by atoms with Gasteiger partial charge in [-0.2, -0.15) is 0 Å². The third-order valence-electron chi connectivity index (χ3n) is 2.59. The highest BCUT2D eigenvalue weighted by atomic mass is 16.5. The highest BCUT2D eigenvalue weighted by molar-refractivity contribution is 5.94. The van der Waals surface area contributed by atoms with E-state index in [-0.39, 0.29) is 24.2 Å². The number of ether oxygens (including phenoxy) is 1. The van der Waals surface area contributed by atoms with Crippen molar-refractivity contribution < 1.29 is 24.5 Å². The molecule has 0 aliphatic carbocycles. The van der Waals surface area contributed by atoms with E-state index in [0.29, 0.717) is 0 Å². The molecule has 0 aliphatic heterocycles. The zero-order chi connectivity index (χ0) is 14.4. The van der Waals surface area contributed by atoms with E-state index in [0.717, 1.165) is 0 Å². The maximum atomic E-state index is 11.2. The number of hydrogen-bond donors (Lipinski definition) is 3. The lowest BCUT2D eigenvalue weighted by Gasteiger charge is -2.19. The molecule has 6 heteroatoms. The quantitative estimate of drug-likeness (QED) is 0.635. The molecule has 0 fully saturated rings. The predicted molar refractivity (Wildman–Crippen MR) is 67.2 cm³/mol. The van der Waals surface area contributed by atoms with E-state index < -0.39 is 24.1 Å². The van der Waals surface area contributed by atoms with Crippen molar-refractivity contribution in [3.8, 4) is 0 Å². The molecule has 1 aromatic rings. The van der Waals surface area contributed by atoms with Gasteiger partial charge in [0.25, 0.3) is 0 Å². The molecule has 19 heavy (non-hydrogen) atoms. The number of carbonyl (C=O) groups excluding carboxylic acids is 2. The molecule has 0 aliphatic rings. The van der Waals surface area contributed by atoms with Crippen molar-refractivity contribution in [1.82, 2.24) is 0 Å². The number of rotatable bonds is 6. The van der Waals surface area contributed by atoms with Crippen molar-refractivity contribution in [2.24, 2.45) is 5.73 Å². The Labute approximate surface area is 110 Å². The summed E-state index contributed by atoms with van der Waals surface area (Å²) in [4.78, 5) is 22.4. The molecule has 6 nitrogen and oxygen atoms in total. The molecule has 0 radical (unpaired) electrons. The van der Waals surface area contributed by atoms with Gasteiger partial charge in [0.1, 0.15) is 6.10 Å². The van der Waals surface area contributed by atoms with Crippen LogP contribution < -0.4 is 5.73 Å². The van der Waals surface area contributed by atoms with Crippen molar-refractivity contribution in [3.05, 3.63) is 35.4 Å². The molecule has 1 aromatic carbocycles. The molecule has 0 bridgehead atoms. The number of amides is 1. The van der Waals surface area contributed by atoms with Crippen LogP contribution in [0.3, 0.4) is 0 Å². The number of hydrogen-bond acceptors (Lipinski definition) is 5. The Balaban J connectivity index is 2.85. The molecule has 0 spiro atoms. The maximum absolute atomic E-state index is 11.2. The third kappa shape index (κ3) is 4.04. The molecule has 0 heterocycles. The van der Waals surface area contributed by atoms with E-state index in [1.54, 1.807) is 19.1 Å². The first kappa shape index (κ1) is 15.1. The van der Waals surface area contributed by atoms with Crippen molar-refractivity contribution in [3.63, 3.8) is 0 Å². The molecule has 0 saturated heterocycles. The van der Waals surface area contributed by atoms with Gasteiger partial charge in [0.05, 0.1) is 19.1 Å². The fourth-order valence-corrected chi connectivity index (χ4v) is 1.69. The highest BCUT2D eigenvalue weighted by Gasteiger charge is 2.25. The van der Waals surface area contributed by atoms with Crippen LogP contribution in [0.1, 0.15) is 35.4 Å². The van der Waals surface area contributed by atoms with E-state index >= 15 is 0 Å². The van der Waals surface area contributed by atoms with Gasteiger partial charge in [-0.05, 0) is 18.6 Å². The SMILES string of the molecule is CCOC(=O)CC(O)C(O)c1ccccc1C(N)=O. The molecule has 0 aromatic heterocycles. The Hall–Kier alpha value is -1.92. The zero-order valence-corrected chi connectivity index (χ0v) is 10.6.